The van der Waals surface area contributed by atoms with Crippen molar-refractivity contribution in [2.75, 3.05) is 48.7 Å². The summed E-state index contributed by atoms with van der Waals surface area (Å²) in [6.07, 6.45) is 9.95. The maximum atomic E-state index is 6.57. The average molecular weight is 357 g/mol. The fourth-order valence-corrected chi connectivity index (χ4v) is 6.53. The molecule has 0 spiro atoms. The van der Waals surface area contributed by atoms with E-state index in [0.29, 0.717) is 0 Å². The fourth-order valence-electron chi connectivity index (χ4n) is 6.53. The first-order valence-corrected chi connectivity index (χ1v) is 10.5. The van der Waals surface area contributed by atoms with Crippen LogP contribution in [-0.2, 0) is 0 Å². The minimum Gasteiger partial charge on any atom is -0.393 e. The molecule has 26 heavy (non-hydrogen) atoms. The number of nitrogen functional groups attached to an aromatic ring is 1. The summed E-state index contributed by atoms with van der Waals surface area (Å²) in [6.45, 7) is 7.49. The molecular weight excluding hydrogens is 324 g/mol. The Balaban J connectivity index is 1.36. The van der Waals surface area contributed by atoms with Gasteiger partial charge >= 0.3 is 0 Å². The van der Waals surface area contributed by atoms with Crippen LogP contribution in [0.1, 0.15) is 45.4 Å². The molecule has 3 N–H and O–H groups in total. The lowest BCUT2D eigenvalue weighted by molar-refractivity contribution is 0.0106. The molecule has 1 saturated heterocycles. The first-order chi connectivity index (χ1) is 12.6. The van der Waals surface area contributed by atoms with Gasteiger partial charge in [0.25, 0.3) is 0 Å². The van der Waals surface area contributed by atoms with Crippen molar-refractivity contribution in [2.24, 2.45) is 17.8 Å². The normalized spacial score (nSPS) is 36.5. The lowest BCUT2D eigenvalue weighted by Gasteiger charge is -2.57. The standard InChI is InChI=1S/C20H32N6/c1-2-25-3-5-26(6-4-25)19-17(21)18(22-13-23-19)24-20-10-14-7-15(11-20)9-16(8-14)12-20/h13-16H,2-12,21H2,1H3,(H,22,23,24). The molecule has 0 radical (unpaired) electrons. The third kappa shape index (κ3) is 2.82. The summed E-state index contributed by atoms with van der Waals surface area (Å²) >= 11 is 0. The highest BCUT2D eigenvalue weighted by molar-refractivity contribution is 5.75. The van der Waals surface area contributed by atoms with Gasteiger partial charge in [0.05, 0.1) is 0 Å². The molecule has 1 aromatic heterocycles. The second kappa shape index (κ2) is 6.25. The van der Waals surface area contributed by atoms with Crippen molar-refractivity contribution in [3.8, 4) is 0 Å². The van der Waals surface area contributed by atoms with Gasteiger partial charge in [-0.05, 0) is 62.8 Å². The molecule has 5 aliphatic rings. The number of anilines is 3. The third-order valence-corrected chi connectivity index (χ3v) is 7.40. The number of likely N-dealkylation sites (N-methyl/N-ethyl adjacent to an activating group) is 1. The summed E-state index contributed by atoms with van der Waals surface area (Å²) in [4.78, 5) is 13.9. The van der Waals surface area contributed by atoms with Crippen LogP contribution < -0.4 is 16.0 Å². The molecule has 6 nitrogen and oxygen atoms in total. The summed E-state index contributed by atoms with van der Waals surface area (Å²) in [5.74, 6) is 4.54. The molecule has 4 saturated carbocycles. The third-order valence-electron chi connectivity index (χ3n) is 7.40. The zero-order chi connectivity index (χ0) is 17.7. The van der Waals surface area contributed by atoms with Crippen LogP contribution in [0.5, 0.6) is 0 Å². The van der Waals surface area contributed by atoms with Crippen molar-refractivity contribution in [1.82, 2.24) is 14.9 Å². The van der Waals surface area contributed by atoms with Gasteiger partial charge in [0.15, 0.2) is 11.6 Å². The minimum absolute atomic E-state index is 0.232. The monoisotopic (exact) mass is 356 g/mol. The largest absolute Gasteiger partial charge is 0.393 e. The first kappa shape index (κ1) is 16.6. The maximum absolute atomic E-state index is 6.57. The van der Waals surface area contributed by atoms with Gasteiger partial charge in [-0.1, -0.05) is 6.92 Å². The highest BCUT2D eigenvalue weighted by Crippen LogP contribution is 2.56. The molecule has 0 amide bonds. The Labute approximate surface area is 156 Å². The summed E-state index contributed by atoms with van der Waals surface area (Å²) in [5, 5.41) is 3.84. The number of piperazine rings is 1. The van der Waals surface area contributed by atoms with E-state index in [9.17, 15) is 0 Å². The second-order valence-electron chi connectivity index (χ2n) is 9.20. The molecule has 5 fully saturated rings. The fraction of sp³-hybridized carbons (Fsp3) is 0.800. The van der Waals surface area contributed by atoms with Gasteiger partial charge in [0.2, 0.25) is 0 Å². The van der Waals surface area contributed by atoms with E-state index in [-0.39, 0.29) is 5.54 Å². The molecule has 1 aromatic rings. The Morgan fingerprint density at radius 2 is 1.65 bits per heavy atom. The van der Waals surface area contributed by atoms with Crippen LogP contribution in [0.25, 0.3) is 0 Å². The molecule has 6 rings (SSSR count). The number of hydrogen-bond acceptors (Lipinski definition) is 6. The van der Waals surface area contributed by atoms with E-state index in [4.69, 9.17) is 5.73 Å². The van der Waals surface area contributed by atoms with Gasteiger partial charge in [0, 0.05) is 31.7 Å². The van der Waals surface area contributed by atoms with E-state index in [1.807, 2.05) is 0 Å². The van der Waals surface area contributed by atoms with Crippen LogP contribution >= 0.6 is 0 Å². The van der Waals surface area contributed by atoms with Gasteiger partial charge in [-0.15, -0.1) is 0 Å². The van der Waals surface area contributed by atoms with E-state index in [1.54, 1.807) is 6.33 Å². The molecule has 2 heterocycles. The Morgan fingerprint density at radius 3 is 2.23 bits per heavy atom. The smallest absolute Gasteiger partial charge is 0.157 e. The van der Waals surface area contributed by atoms with E-state index in [2.05, 4.69) is 32.0 Å². The van der Waals surface area contributed by atoms with Crippen LogP contribution in [0, 0.1) is 17.8 Å². The Kier molecular flexibility index (Phi) is 3.99. The van der Waals surface area contributed by atoms with Crippen LogP contribution in [0.15, 0.2) is 6.33 Å². The number of hydrogen-bond donors (Lipinski definition) is 2. The number of aromatic nitrogens is 2. The Hall–Kier alpha value is -1.56. The van der Waals surface area contributed by atoms with E-state index in [1.165, 1.54) is 38.5 Å². The minimum atomic E-state index is 0.232. The number of nitrogens with zero attached hydrogens (tertiary/aromatic N) is 4. The van der Waals surface area contributed by atoms with Gasteiger partial charge in [0.1, 0.15) is 12.0 Å². The van der Waals surface area contributed by atoms with Crippen LogP contribution in [0.2, 0.25) is 0 Å². The number of nitrogens with one attached hydrogen (secondary N) is 1. The van der Waals surface area contributed by atoms with Crippen molar-refractivity contribution in [3.63, 3.8) is 0 Å². The van der Waals surface area contributed by atoms with E-state index < -0.39 is 0 Å². The molecular formula is C20H32N6. The molecule has 4 aliphatic carbocycles. The summed E-state index contributed by atoms with van der Waals surface area (Å²) in [5.41, 5.74) is 7.54. The van der Waals surface area contributed by atoms with Crippen molar-refractivity contribution in [1.29, 1.82) is 0 Å². The molecule has 142 valence electrons. The SMILES string of the molecule is CCN1CCN(c2ncnc(NC34CC5CC(CC(C5)C3)C4)c2N)CC1. The highest BCUT2D eigenvalue weighted by Gasteiger charge is 2.51. The lowest BCUT2D eigenvalue weighted by Crippen LogP contribution is -2.55. The molecule has 0 unspecified atom stereocenters. The predicted molar refractivity (Wildman–Crippen MR) is 105 cm³/mol. The van der Waals surface area contributed by atoms with Crippen LogP contribution in [0.4, 0.5) is 17.3 Å². The van der Waals surface area contributed by atoms with Crippen molar-refractivity contribution < 1.29 is 0 Å². The molecule has 0 atom stereocenters. The molecule has 1 aliphatic heterocycles. The van der Waals surface area contributed by atoms with Crippen molar-refractivity contribution >= 4 is 17.3 Å². The quantitative estimate of drug-likeness (QED) is 0.864. The Morgan fingerprint density at radius 1 is 1.04 bits per heavy atom. The average Bonchev–Trinajstić information content (AvgIpc) is 2.62. The highest BCUT2D eigenvalue weighted by atomic mass is 15.3. The van der Waals surface area contributed by atoms with Gasteiger partial charge in [-0.25, -0.2) is 9.97 Å². The van der Waals surface area contributed by atoms with Crippen molar-refractivity contribution in [2.45, 2.75) is 51.0 Å². The topological polar surface area (TPSA) is 70.3 Å². The predicted octanol–water partition coefficient (Wildman–Crippen LogP) is 2.58. The number of nitrogens with two attached hydrogens (primary N) is 1. The lowest BCUT2D eigenvalue weighted by atomic mass is 9.53. The zero-order valence-corrected chi connectivity index (χ0v) is 16.0. The Bertz CT molecular complexity index is 631. The van der Waals surface area contributed by atoms with Gasteiger partial charge in [-0.2, -0.15) is 0 Å². The number of rotatable bonds is 4. The van der Waals surface area contributed by atoms with Gasteiger partial charge < -0.3 is 20.9 Å². The first-order valence-electron chi connectivity index (χ1n) is 10.5. The molecule has 6 heteroatoms. The van der Waals surface area contributed by atoms with Gasteiger partial charge in [-0.3, -0.25) is 0 Å². The molecule has 4 bridgehead atoms. The van der Waals surface area contributed by atoms with Crippen LogP contribution in [-0.4, -0.2) is 53.1 Å². The van der Waals surface area contributed by atoms with Crippen LogP contribution in [0.3, 0.4) is 0 Å². The molecule has 0 aromatic carbocycles. The summed E-state index contributed by atoms with van der Waals surface area (Å²) in [6, 6.07) is 0. The second-order valence-corrected chi connectivity index (χ2v) is 9.20. The van der Waals surface area contributed by atoms with E-state index >= 15 is 0 Å². The van der Waals surface area contributed by atoms with Crippen molar-refractivity contribution in [3.05, 3.63) is 6.33 Å². The zero-order valence-electron chi connectivity index (χ0n) is 16.0. The maximum Gasteiger partial charge on any atom is 0.157 e. The van der Waals surface area contributed by atoms with E-state index in [0.717, 1.165) is 67.8 Å². The summed E-state index contributed by atoms with van der Waals surface area (Å²) < 4.78 is 0. The summed E-state index contributed by atoms with van der Waals surface area (Å²) in [7, 11) is 0.